The molecule has 0 atom stereocenters. The Kier molecular flexibility index (Phi) is 5.77. The predicted molar refractivity (Wildman–Crippen MR) is 94.4 cm³/mol. The van der Waals surface area contributed by atoms with Gasteiger partial charge in [-0.1, -0.05) is 17.7 Å². The number of anilines is 2. The van der Waals surface area contributed by atoms with E-state index in [1.54, 1.807) is 24.3 Å². The van der Waals surface area contributed by atoms with Crippen LogP contribution in [-0.2, 0) is 4.79 Å². The number of benzene rings is 2. The first-order valence-electron chi connectivity index (χ1n) is 7.32. The average Bonchev–Trinajstić information content (AvgIpc) is 2.53. The Balaban J connectivity index is 1.89. The van der Waals surface area contributed by atoms with Gasteiger partial charge in [0.1, 0.15) is 0 Å². The number of hydrogen-bond acceptors (Lipinski definition) is 3. The first kappa shape index (κ1) is 17.0. The Morgan fingerprint density at radius 3 is 2.39 bits per heavy atom. The van der Waals surface area contributed by atoms with Crippen LogP contribution in [0.2, 0.25) is 5.02 Å². The molecule has 0 aliphatic rings. The fourth-order valence-electron chi connectivity index (χ4n) is 2.09. The molecule has 0 aliphatic carbocycles. The lowest BCUT2D eigenvalue weighted by molar-refractivity contribution is -0.116. The number of halogens is 1. The molecule has 2 aromatic rings. The Labute approximate surface area is 141 Å². The number of hydrogen-bond donors (Lipinski definition) is 1. The number of Topliss-reactive ketones (excluding diaryl/α,β-unsaturated/α-hetero) is 1. The molecule has 5 heteroatoms. The number of nitrogens with one attached hydrogen (secondary N) is 1. The van der Waals surface area contributed by atoms with Crippen LogP contribution in [0, 0.1) is 0 Å². The second-order valence-electron chi connectivity index (χ2n) is 5.42. The van der Waals surface area contributed by atoms with Crippen LogP contribution in [0.3, 0.4) is 0 Å². The molecule has 0 bridgehead atoms. The van der Waals surface area contributed by atoms with E-state index in [-0.39, 0.29) is 24.5 Å². The molecule has 1 N–H and O–H groups in total. The Hall–Kier alpha value is -2.33. The minimum Gasteiger partial charge on any atom is -0.378 e. The van der Waals surface area contributed by atoms with Gasteiger partial charge in [-0.2, -0.15) is 0 Å². The summed E-state index contributed by atoms with van der Waals surface area (Å²) in [5.74, 6) is -0.248. The first-order valence-corrected chi connectivity index (χ1v) is 7.69. The summed E-state index contributed by atoms with van der Waals surface area (Å²) in [6.07, 6.45) is 0.314. The monoisotopic (exact) mass is 330 g/mol. The highest BCUT2D eigenvalue weighted by atomic mass is 35.5. The lowest BCUT2D eigenvalue weighted by Crippen LogP contribution is -2.14. The van der Waals surface area contributed by atoms with Crippen LogP contribution in [0.5, 0.6) is 0 Å². The van der Waals surface area contributed by atoms with E-state index in [2.05, 4.69) is 5.32 Å². The van der Waals surface area contributed by atoms with Crippen LogP contribution in [0.4, 0.5) is 11.4 Å². The average molecular weight is 331 g/mol. The first-order chi connectivity index (χ1) is 11.0. The van der Waals surface area contributed by atoms with Crippen LogP contribution < -0.4 is 10.2 Å². The van der Waals surface area contributed by atoms with Gasteiger partial charge in [0, 0.05) is 48.9 Å². The summed E-state index contributed by atoms with van der Waals surface area (Å²) in [6, 6.07) is 14.2. The van der Waals surface area contributed by atoms with Crippen molar-refractivity contribution in [3.05, 3.63) is 59.1 Å². The molecule has 2 rings (SSSR count). The zero-order chi connectivity index (χ0) is 16.8. The van der Waals surface area contributed by atoms with E-state index in [1.807, 2.05) is 43.3 Å². The van der Waals surface area contributed by atoms with Crippen molar-refractivity contribution < 1.29 is 9.59 Å². The predicted octanol–water partition coefficient (Wildman–Crippen LogP) is 4.01. The van der Waals surface area contributed by atoms with Crippen molar-refractivity contribution in [3.63, 3.8) is 0 Å². The summed E-state index contributed by atoms with van der Waals surface area (Å²) < 4.78 is 0. The molecule has 0 spiro atoms. The van der Waals surface area contributed by atoms with Gasteiger partial charge in [0.05, 0.1) is 0 Å². The highest BCUT2D eigenvalue weighted by Gasteiger charge is 2.10. The molecule has 0 saturated heterocycles. The quantitative estimate of drug-likeness (QED) is 0.814. The molecule has 120 valence electrons. The van der Waals surface area contributed by atoms with Gasteiger partial charge in [0.2, 0.25) is 5.91 Å². The molecule has 0 aromatic heterocycles. The van der Waals surface area contributed by atoms with E-state index in [0.717, 1.165) is 11.4 Å². The summed E-state index contributed by atoms with van der Waals surface area (Å²) in [5.41, 5.74) is 2.29. The topological polar surface area (TPSA) is 49.4 Å². The van der Waals surface area contributed by atoms with Crippen molar-refractivity contribution in [2.75, 3.05) is 24.3 Å². The SMILES string of the molecule is CN(C)c1cccc(NC(=O)CCC(=O)c2ccc(Cl)cc2)c1. The van der Waals surface area contributed by atoms with Crippen molar-refractivity contribution in [1.29, 1.82) is 0 Å². The molecule has 0 heterocycles. The largest absolute Gasteiger partial charge is 0.378 e. The van der Waals surface area contributed by atoms with Crippen LogP contribution >= 0.6 is 11.6 Å². The number of carbonyl (C=O) groups is 2. The van der Waals surface area contributed by atoms with E-state index in [4.69, 9.17) is 11.6 Å². The van der Waals surface area contributed by atoms with Crippen molar-refractivity contribution in [1.82, 2.24) is 0 Å². The second-order valence-corrected chi connectivity index (χ2v) is 5.86. The van der Waals surface area contributed by atoms with Crippen molar-refractivity contribution in [3.8, 4) is 0 Å². The van der Waals surface area contributed by atoms with E-state index in [0.29, 0.717) is 10.6 Å². The van der Waals surface area contributed by atoms with Crippen molar-refractivity contribution >= 4 is 34.7 Å². The normalized spacial score (nSPS) is 10.2. The molecule has 0 aliphatic heterocycles. The lowest BCUT2D eigenvalue weighted by atomic mass is 10.1. The number of rotatable bonds is 6. The highest BCUT2D eigenvalue weighted by Crippen LogP contribution is 2.18. The van der Waals surface area contributed by atoms with Gasteiger partial charge in [0.25, 0.3) is 0 Å². The van der Waals surface area contributed by atoms with Crippen molar-refractivity contribution in [2.24, 2.45) is 0 Å². The molecular weight excluding hydrogens is 312 g/mol. The fraction of sp³-hybridized carbons (Fsp3) is 0.222. The van der Waals surface area contributed by atoms with E-state index >= 15 is 0 Å². The van der Waals surface area contributed by atoms with Gasteiger partial charge in [-0.3, -0.25) is 9.59 Å². The van der Waals surface area contributed by atoms with E-state index < -0.39 is 0 Å². The van der Waals surface area contributed by atoms with E-state index in [9.17, 15) is 9.59 Å². The number of ketones is 1. The van der Waals surface area contributed by atoms with Gasteiger partial charge >= 0.3 is 0 Å². The summed E-state index contributed by atoms with van der Waals surface area (Å²) in [5, 5.41) is 3.40. The van der Waals surface area contributed by atoms with Crippen molar-refractivity contribution in [2.45, 2.75) is 12.8 Å². The number of carbonyl (C=O) groups excluding carboxylic acids is 2. The van der Waals surface area contributed by atoms with Crippen LogP contribution in [-0.4, -0.2) is 25.8 Å². The third-order valence-corrected chi connectivity index (χ3v) is 3.64. The molecule has 0 fully saturated rings. The summed E-state index contributed by atoms with van der Waals surface area (Å²) >= 11 is 5.79. The molecule has 0 unspecified atom stereocenters. The number of amides is 1. The molecular formula is C18H19ClN2O2. The smallest absolute Gasteiger partial charge is 0.224 e. The van der Waals surface area contributed by atoms with Crippen LogP contribution in [0.25, 0.3) is 0 Å². The molecule has 0 saturated carbocycles. The molecule has 23 heavy (non-hydrogen) atoms. The van der Waals surface area contributed by atoms with Crippen LogP contribution in [0.1, 0.15) is 23.2 Å². The summed E-state index contributed by atoms with van der Waals surface area (Å²) in [6.45, 7) is 0. The van der Waals surface area contributed by atoms with Gasteiger partial charge in [0.15, 0.2) is 5.78 Å². The standard InChI is InChI=1S/C18H19ClN2O2/c1-21(2)16-5-3-4-15(12-16)20-18(23)11-10-17(22)13-6-8-14(19)9-7-13/h3-9,12H,10-11H2,1-2H3,(H,20,23). The maximum atomic E-state index is 12.0. The van der Waals surface area contributed by atoms with Crippen LogP contribution in [0.15, 0.2) is 48.5 Å². The molecule has 0 radical (unpaired) electrons. The zero-order valence-electron chi connectivity index (χ0n) is 13.2. The Morgan fingerprint density at radius 2 is 1.74 bits per heavy atom. The lowest BCUT2D eigenvalue weighted by Gasteiger charge is -2.14. The van der Waals surface area contributed by atoms with E-state index in [1.165, 1.54) is 0 Å². The third-order valence-electron chi connectivity index (χ3n) is 3.39. The summed E-state index contributed by atoms with van der Waals surface area (Å²) in [4.78, 5) is 26.0. The molecule has 1 amide bonds. The highest BCUT2D eigenvalue weighted by molar-refractivity contribution is 6.30. The minimum atomic E-state index is -0.178. The number of nitrogens with zero attached hydrogens (tertiary/aromatic N) is 1. The maximum absolute atomic E-state index is 12.0. The van der Waals surface area contributed by atoms with Gasteiger partial charge in [-0.15, -0.1) is 0 Å². The fourth-order valence-corrected chi connectivity index (χ4v) is 2.22. The molecule has 2 aromatic carbocycles. The Morgan fingerprint density at radius 1 is 1.04 bits per heavy atom. The maximum Gasteiger partial charge on any atom is 0.224 e. The van der Waals surface area contributed by atoms with Gasteiger partial charge < -0.3 is 10.2 Å². The second kappa shape index (κ2) is 7.79. The molecule has 4 nitrogen and oxygen atoms in total. The Bertz CT molecular complexity index is 696. The third kappa shape index (κ3) is 5.11. The minimum absolute atomic E-state index is 0.0705. The van der Waals surface area contributed by atoms with Gasteiger partial charge in [-0.25, -0.2) is 0 Å². The zero-order valence-corrected chi connectivity index (χ0v) is 13.9. The summed E-state index contributed by atoms with van der Waals surface area (Å²) in [7, 11) is 3.87. The van der Waals surface area contributed by atoms with Gasteiger partial charge in [-0.05, 0) is 42.5 Å².